The molecule has 1 fully saturated rings. The number of carbonyl (C=O) groups is 3. The summed E-state index contributed by atoms with van der Waals surface area (Å²) in [5.41, 5.74) is 6.74. The molecule has 1 aromatic carbocycles. The molecule has 2 rings (SSSR count). The maximum absolute atomic E-state index is 12.4. The number of nitrogens with one attached hydrogen (secondary N) is 1. The van der Waals surface area contributed by atoms with Crippen molar-refractivity contribution in [3.05, 3.63) is 35.4 Å². The molecule has 0 bridgehead atoms. The van der Waals surface area contributed by atoms with Gasteiger partial charge in [0.2, 0.25) is 11.8 Å². The third kappa shape index (κ3) is 4.79. The molecule has 0 spiro atoms. The molecule has 1 aromatic rings. The Morgan fingerprint density at radius 1 is 1.25 bits per heavy atom. The first kappa shape index (κ1) is 17.9. The van der Waals surface area contributed by atoms with Crippen molar-refractivity contribution in [3.63, 3.8) is 0 Å². The number of carbonyl (C=O) groups excluding carboxylic acids is 2. The lowest BCUT2D eigenvalue weighted by Gasteiger charge is -2.30. The van der Waals surface area contributed by atoms with Crippen LogP contribution in [0, 0.1) is 12.8 Å². The molecule has 1 aliphatic rings. The highest BCUT2D eigenvalue weighted by molar-refractivity contribution is 5.86. The fraction of sp³-hybridized carbons (Fsp3) is 0.471. The van der Waals surface area contributed by atoms with Gasteiger partial charge in [-0.2, -0.15) is 0 Å². The maximum atomic E-state index is 12.4. The van der Waals surface area contributed by atoms with Crippen LogP contribution in [0.3, 0.4) is 0 Å². The number of nitrogens with zero attached hydrogens (tertiary/aromatic N) is 1. The summed E-state index contributed by atoms with van der Waals surface area (Å²) in [6.45, 7) is 3.31. The van der Waals surface area contributed by atoms with Crippen LogP contribution in [-0.4, -0.2) is 47.4 Å². The van der Waals surface area contributed by atoms with Gasteiger partial charge in [-0.3, -0.25) is 14.5 Å². The van der Waals surface area contributed by atoms with Gasteiger partial charge in [-0.1, -0.05) is 29.8 Å². The molecule has 1 saturated heterocycles. The Morgan fingerprint density at radius 2 is 1.83 bits per heavy atom. The number of nitrogens with two attached hydrogens (primary N) is 1. The third-order valence-corrected chi connectivity index (χ3v) is 4.28. The molecule has 4 N–H and O–H groups in total. The van der Waals surface area contributed by atoms with Crippen LogP contribution in [0.1, 0.15) is 30.0 Å². The quantitative estimate of drug-likeness (QED) is 0.699. The van der Waals surface area contributed by atoms with Crippen molar-refractivity contribution >= 4 is 17.8 Å². The van der Waals surface area contributed by atoms with Crippen LogP contribution in [0.25, 0.3) is 0 Å². The molecule has 0 saturated carbocycles. The Balaban J connectivity index is 1.95. The smallest absolute Gasteiger partial charge is 0.330 e. The van der Waals surface area contributed by atoms with Crippen LogP contribution in [0.2, 0.25) is 0 Å². The molecule has 1 unspecified atom stereocenters. The number of primary amides is 1. The van der Waals surface area contributed by atoms with E-state index in [1.807, 2.05) is 24.0 Å². The molecular formula is C17H23N3O4. The molecule has 0 aromatic heterocycles. The molecule has 7 heteroatoms. The average Bonchev–Trinajstić information content (AvgIpc) is 2.53. The molecule has 2 amide bonds. The zero-order chi connectivity index (χ0) is 17.7. The standard InChI is InChI=1S/C17H23N3O4/c1-11-2-4-12(5-3-11)15(17(23)24)19-16(22)13-6-8-20(9-7-13)10-14(18)21/h2-5,13,15H,6-10H2,1H3,(H2,18,21)(H,19,22)(H,23,24). The van der Waals surface area contributed by atoms with Crippen molar-refractivity contribution in [1.29, 1.82) is 0 Å². The van der Waals surface area contributed by atoms with Crippen molar-refractivity contribution < 1.29 is 19.5 Å². The van der Waals surface area contributed by atoms with E-state index in [2.05, 4.69) is 5.32 Å². The van der Waals surface area contributed by atoms with Gasteiger partial charge in [0, 0.05) is 5.92 Å². The van der Waals surface area contributed by atoms with Gasteiger partial charge in [-0.25, -0.2) is 4.79 Å². The number of carboxylic acids is 1. The number of amides is 2. The van der Waals surface area contributed by atoms with Gasteiger partial charge in [-0.15, -0.1) is 0 Å². The van der Waals surface area contributed by atoms with Crippen molar-refractivity contribution in [2.45, 2.75) is 25.8 Å². The van der Waals surface area contributed by atoms with E-state index in [9.17, 15) is 19.5 Å². The van der Waals surface area contributed by atoms with Gasteiger partial charge < -0.3 is 16.2 Å². The van der Waals surface area contributed by atoms with Crippen molar-refractivity contribution in [1.82, 2.24) is 10.2 Å². The number of hydrogen-bond acceptors (Lipinski definition) is 4. The average molecular weight is 333 g/mol. The first-order valence-electron chi connectivity index (χ1n) is 7.97. The SMILES string of the molecule is Cc1ccc(C(NC(=O)C2CCN(CC(N)=O)CC2)C(=O)O)cc1. The minimum atomic E-state index is -1.08. The van der Waals surface area contributed by atoms with E-state index in [4.69, 9.17) is 5.73 Å². The lowest BCUT2D eigenvalue weighted by molar-refractivity contribution is -0.143. The number of piperidine rings is 1. The lowest BCUT2D eigenvalue weighted by Crippen LogP contribution is -2.45. The highest BCUT2D eigenvalue weighted by Gasteiger charge is 2.29. The van der Waals surface area contributed by atoms with Crippen LogP contribution in [0.4, 0.5) is 0 Å². The van der Waals surface area contributed by atoms with Crippen LogP contribution >= 0.6 is 0 Å². The van der Waals surface area contributed by atoms with Crippen molar-refractivity contribution in [2.24, 2.45) is 11.7 Å². The van der Waals surface area contributed by atoms with Gasteiger partial charge in [0.15, 0.2) is 6.04 Å². The van der Waals surface area contributed by atoms with Crippen molar-refractivity contribution in [2.75, 3.05) is 19.6 Å². The monoisotopic (exact) mass is 333 g/mol. The summed E-state index contributed by atoms with van der Waals surface area (Å²) in [5, 5.41) is 12.0. The van der Waals surface area contributed by atoms with Crippen LogP contribution < -0.4 is 11.1 Å². The van der Waals surface area contributed by atoms with Gasteiger partial charge in [0.25, 0.3) is 0 Å². The van der Waals surface area contributed by atoms with E-state index in [0.29, 0.717) is 31.5 Å². The molecule has 1 aliphatic heterocycles. The van der Waals surface area contributed by atoms with E-state index in [0.717, 1.165) is 5.56 Å². The summed E-state index contributed by atoms with van der Waals surface area (Å²) >= 11 is 0. The van der Waals surface area contributed by atoms with Gasteiger partial charge in [0.1, 0.15) is 0 Å². The zero-order valence-corrected chi connectivity index (χ0v) is 13.7. The Hall–Kier alpha value is -2.41. The predicted octanol–water partition coefficient (Wildman–Crippen LogP) is 0.434. The predicted molar refractivity (Wildman–Crippen MR) is 88.1 cm³/mol. The van der Waals surface area contributed by atoms with Crippen molar-refractivity contribution in [3.8, 4) is 0 Å². The van der Waals surface area contributed by atoms with E-state index < -0.39 is 12.0 Å². The summed E-state index contributed by atoms with van der Waals surface area (Å²) in [6.07, 6.45) is 1.17. The van der Waals surface area contributed by atoms with Gasteiger partial charge in [-0.05, 0) is 38.4 Å². The summed E-state index contributed by atoms with van der Waals surface area (Å²) in [6, 6.07) is 6.01. The minimum absolute atomic E-state index is 0.190. The van der Waals surface area contributed by atoms with Gasteiger partial charge in [0.05, 0.1) is 6.54 Å². The normalized spacial score (nSPS) is 17.2. The Morgan fingerprint density at radius 3 is 2.33 bits per heavy atom. The molecule has 7 nitrogen and oxygen atoms in total. The van der Waals surface area contributed by atoms with Crippen LogP contribution in [0.15, 0.2) is 24.3 Å². The second-order valence-electron chi connectivity index (χ2n) is 6.21. The van der Waals surface area contributed by atoms with E-state index >= 15 is 0 Å². The van der Waals surface area contributed by atoms with E-state index in [1.54, 1.807) is 12.1 Å². The molecule has 0 aliphatic carbocycles. The lowest BCUT2D eigenvalue weighted by atomic mass is 9.95. The zero-order valence-electron chi connectivity index (χ0n) is 13.7. The Labute approximate surface area is 140 Å². The summed E-state index contributed by atoms with van der Waals surface area (Å²) in [4.78, 5) is 36.7. The summed E-state index contributed by atoms with van der Waals surface area (Å²) < 4.78 is 0. The number of hydrogen-bond donors (Lipinski definition) is 3. The second-order valence-corrected chi connectivity index (χ2v) is 6.21. The number of rotatable bonds is 6. The van der Waals surface area contributed by atoms with E-state index in [1.165, 1.54) is 0 Å². The first-order chi connectivity index (χ1) is 11.4. The largest absolute Gasteiger partial charge is 0.479 e. The molecule has 0 radical (unpaired) electrons. The molecular weight excluding hydrogens is 310 g/mol. The fourth-order valence-electron chi connectivity index (χ4n) is 2.88. The number of aliphatic carboxylic acids is 1. The summed E-state index contributed by atoms with van der Waals surface area (Å²) in [5.74, 6) is -1.98. The Bertz CT molecular complexity index is 607. The van der Waals surface area contributed by atoms with Crippen LogP contribution in [0.5, 0.6) is 0 Å². The summed E-state index contributed by atoms with van der Waals surface area (Å²) in [7, 11) is 0. The molecule has 1 heterocycles. The number of benzene rings is 1. The molecule has 24 heavy (non-hydrogen) atoms. The number of carboxylic acid groups (broad SMARTS) is 1. The Kier molecular flexibility index (Phi) is 5.92. The number of aryl methyl sites for hydroxylation is 1. The topological polar surface area (TPSA) is 113 Å². The number of likely N-dealkylation sites (tertiary alicyclic amines) is 1. The maximum Gasteiger partial charge on any atom is 0.330 e. The second kappa shape index (κ2) is 7.92. The fourth-order valence-corrected chi connectivity index (χ4v) is 2.88. The highest BCUT2D eigenvalue weighted by atomic mass is 16.4. The highest BCUT2D eigenvalue weighted by Crippen LogP contribution is 2.20. The molecule has 130 valence electrons. The van der Waals surface area contributed by atoms with E-state index in [-0.39, 0.29) is 24.3 Å². The van der Waals surface area contributed by atoms with Crippen LogP contribution in [-0.2, 0) is 14.4 Å². The third-order valence-electron chi connectivity index (χ3n) is 4.28. The minimum Gasteiger partial charge on any atom is -0.479 e. The molecule has 1 atom stereocenters. The first-order valence-corrected chi connectivity index (χ1v) is 7.97. The van der Waals surface area contributed by atoms with Gasteiger partial charge >= 0.3 is 5.97 Å².